The van der Waals surface area contributed by atoms with E-state index in [4.69, 9.17) is 4.42 Å². The van der Waals surface area contributed by atoms with E-state index in [-0.39, 0.29) is 17.1 Å². The zero-order valence-electron chi connectivity index (χ0n) is 14.0. The van der Waals surface area contributed by atoms with Crippen LogP contribution in [-0.4, -0.2) is 12.3 Å². The molecule has 0 bridgehead atoms. The molecule has 0 saturated heterocycles. The summed E-state index contributed by atoms with van der Waals surface area (Å²) in [5.74, 6) is -0.0801. The lowest BCUT2D eigenvalue weighted by molar-refractivity contribution is 0.101. The first kappa shape index (κ1) is 16.2. The summed E-state index contributed by atoms with van der Waals surface area (Å²) in [5, 5.41) is 4.16. The SMILES string of the molecule is Cc1ccc(C(=O)c2oc3ccccc3c2NCC(C)C)cc1F. The minimum absolute atomic E-state index is 0.222. The van der Waals surface area contributed by atoms with Crippen molar-refractivity contribution in [3.8, 4) is 0 Å². The number of hydrogen-bond donors (Lipinski definition) is 1. The Morgan fingerprint density at radius 2 is 1.96 bits per heavy atom. The third-order valence-electron chi connectivity index (χ3n) is 3.92. The van der Waals surface area contributed by atoms with Crippen LogP contribution in [0.5, 0.6) is 0 Å². The molecule has 3 rings (SSSR count). The number of hydrogen-bond acceptors (Lipinski definition) is 3. The third-order valence-corrected chi connectivity index (χ3v) is 3.92. The molecule has 2 aromatic carbocycles. The Bertz CT molecular complexity index is 896. The van der Waals surface area contributed by atoms with Crippen LogP contribution in [0.25, 0.3) is 11.0 Å². The van der Waals surface area contributed by atoms with Gasteiger partial charge in [0.05, 0.1) is 5.69 Å². The largest absolute Gasteiger partial charge is 0.450 e. The molecular weight excluding hydrogens is 305 g/mol. The van der Waals surface area contributed by atoms with Gasteiger partial charge in [-0.05, 0) is 36.6 Å². The lowest BCUT2D eigenvalue weighted by Gasteiger charge is -2.09. The van der Waals surface area contributed by atoms with E-state index in [1.807, 2.05) is 24.3 Å². The monoisotopic (exact) mass is 325 g/mol. The number of nitrogens with one attached hydrogen (secondary N) is 1. The molecule has 0 fully saturated rings. The van der Waals surface area contributed by atoms with Gasteiger partial charge < -0.3 is 9.73 Å². The zero-order valence-corrected chi connectivity index (χ0v) is 14.0. The van der Waals surface area contributed by atoms with Crippen molar-refractivity contribution >= 4 is 22.4 Å². The van der Waals surface area contributed by atoms with Gasteiger partial charge in [-0.25, -0.2) is 4.39 Å². The number of ketones is 1. The number of carbonyl (C=O) groups excluding carboxylic acids is 1. The van der Waals surface area contributed by atoms with Crippen LogP contribution in [0.3, 0.4) is 0 Å². The normalized spacial score (nSPS) is 11.2. The molecule has 0 unspecified atom stereocenters. The van der Waals surface area contributed by atoms with Crippen molar-refractivity contribution in [2.45, 2.75) is 20.8 Å². The second-order valence-electron chi connectivity index (χ2n) is 6.37. The average molecular weight is 325 g/mol. The van der Waals surface area contributed by atoms with E-state index in [0.29, 0.717) is 29.3 Å². The van der Waals surface area contributed by atoms with Gasteiger partial charge >= 0.3 is 0 Å². The molecule has 124 valence electrons. The number of rotatable bonds is 5. The first-order valence-corrected chi connectivity index (χ1v) is 8.03. The molecule has 1 N–H and O–H groups in total. The van der Waals surface area contributed by atoms with Crippen molar-refractivity contribution in [3.63, 3.8) is 0 Å². The van der Waals surface area contributed by atoms with E-state index in [2.05, 4.69) is 19.2 Å². The number of anilines is 1. The molecule has 4 heteroatoms. The van der Waals surface area contributed by atoms with Gasteiger partial charge in [-0.2, -0.15) is 0 Å². The minimum Gasteiger partial charge on any atom is -0.450 e. The van der Waals surface area contributed by atoms with Gasteiger partial charge in [0.25, 0.3) is 0 Å². The van der Waals surface area contributed by atoms with Crippen molar-refractivity contribution in [1.29, 1.82) is 0 Å². The predicted molar refractivity (Wildman–Crippen MR) is 94.1 cm³/mol. The van der Waals surface area contributed by atoms with Crippen molar-refractivity contribution < 1.29 is 13.6 Å². The highest BCUT2D eigenvalue weighted by Gasteiger charge is 2.22. The molecule has 1 heterocycles. The zero-order chi connectivity index (χ0) is 17.3. The number of aryl methyl sites for hydroxylation is 1. The highest BCUT2D eigenvalue weighted by Crippen LogP contribution is 2.32. The Balaban J connectivity index is 2.08. The van der Waals surface area contributed by atoms with Crippen LogP contribution in [0, 0.1) is 18.7 Å². The summed E-state index contributed by atoms with van der Waals surface area (Å²) in [5.41, 5.74) is 2.10. The molecule has 0 amide bonds. The summed E-state index contributed by atoms with van der Waals surface area (Å²) in [6, 6.07) is 12.0. The Morgan fingerprint density at radius 3 is 2.67 bits per heavy atom. The summed E-state index contributed by atoms with van der Waals surface area (Å²) >= 11 is 0. The average Bonchev–Trinajstić information content (AvgIpc) is 2.93. The molecule has 0 saturated carbocycles. The second kappa shape index (κ2) is 6.48. The number of para-hydroxylation sites is 1. The number of benzene rings is 2. The fourth-order valence-electron chi connectivity index (χ4n) is 2.55. The van der Waals surface area contributed by atoms with Crippen LogP contribution >= 0.6 is 0 Å². The van der Waals surface area contributed by atoms with E-state index in [1.165, 1.54) is 6.07 Å². The van der Waals surface area contributed by atoms with Crippen LogP contribution in [0.2, 0.25) is 0 Å². The van der Waals surface area contributed by atoms with Gasteiger partial charge in [0, 0.05) is 17.5 Å². The standard InChI is InChI=1S/C20H20FNO2/c1-12(2)11-22-18-15-6-4-5-7-17(15)24-20(18)19(23)14-9-8-13(3)16(21)10-14/h4-10,12,22H,11H2,1-3H3. The first-order chi connectivity index (χ1) is 11.5. The maximum Gasteiger partial charge on any atom is 0.230 e. The van der Waals surface area contributed by atoms with Crippen LogP contribution < -0.4 is 5.32 Å². The Morgan fingerprint density at radius 1 is 1.21 bits per heavy atom. The lowest BCUT2D eigenvalue weighted by atomic mass is 10.0. The molecule has 0 aliphatic carbocycles. The highest BCUT2D eigenvalue weighted by atomic mass is 19.1. The van der Waals surface area contributed by atoms with Crippen molar-refractivity contribution in [2.75, 3.05) is 11.9 Å². The van der Waals surface area contributed by atoms with E-state index in [1.54, 1.807) is 19.1 Å². The summed E-state index contributed by atoms with van der Waals surface area (Å²) in [4.78, 5) is 12.8. The van der Waals surface area contributed by atoms with E-state index < -0.39 is 5.82 Å². The molecular formula is C20H20FNO2. The Labute approximate surface area is 140 Å². The van der Waals surface area contributed by atoms with Gasteiger partial charge in [0.1, 0.15) is 11.4 Å². The molecule has 0 radical (unpaired) electrons. The van der Waals surface area contributed by atoms with E-state index in [0.717, 1.165) is 5.39 Å². The maximum atomic E-state index is 13.8. The lowest BCUT2D eigenvalue weighted by Crippen LogP contribution is -2.11. The fraction of sp³-hybridized carbons (Fsp3) is 0.250. The molecule has 1 aromatic heterocycles. The number of carbonyl (C=O) groups is 1. The molecule has 24 heavy (non-hydrogen) atoms. The Hall–Kier alpha value is -2.62. The summed E-state index contributed by atoms with van der Waals surface area (Å²) in [6.45, 7) is 6.56. The predicted octanol–water partition coefficient (Wildman–Crippen LogP) is 5.18. The minimum atomic E-state index is -0.395. The van der Waals surface area contributed by atoms with Gasteiger partial charge in [-0.15, -0.1) is 0 Å². The van der Waals surface area contributed by atoms with Crippen molar-refractivity contribution in [2.24, 2.45) is 5.92 Å². The molecule has 3 nitrogen and oxygen atoms in total. The Kier molecular flexibility index (Phi) is 4.38. The van der Waals surface area contributed by atoms with Gasteiger partial charge in [0.15, 0.2) is 5.76 Å². The van der Waals surface area contributed by atoms with Crippen LogP contribution in [0.4, 0.5) is 10.1 Å². The van der Waals surface area contributed by atoms with Gasteiger partial charge in [-0.3, -0.25) is 4.79 Å². The molecule has 0 atom stereocenters. The number of furan rings is 1. The fourth-order valence-corrected chi connectivity index (χ4v) is 2.55. The number of fused-ring (bicyclic) bond motifs is 1. The first-order valence-electron chi connectivity index (χ1n) is 8.03. The van der Waals surface area contributed by atoms with E-state index in [9.17, 15) is 9.18 Å². The van der Waals surface area contributed by atoms with E-state index >= 15 is 0 Å². The number of halogens is 1. The van der Waals surface area contributed by atoms with Crippen LogP contribution in [0.1, 0.15) is 35.5 Å². The highest BCUT2D eigenvalue weighted by molar-refractivity contribution is 6.14. The van der Waals surface area contributed by atoms with Crippen molar-refractivity contribution in [3.05, 3.63) is 65.2 Å². The summed E-state index contributed by atoms with van der Waals surface area (Å²) < 4.78 is 19.6. The van der Waals surface area contributed by atoms with Gasteiger partial charge in [0.2, 0.25) is 5.78 Å². The van der Waals surface area contributed by atoms with Crippen LogP contribution in [-0.2, 0) is 0 Å². The van der Waals surface area contributed by atoms with Crippen molar-refractivity contribution in [1.82, 2.24) is 0 Å². The smallest absolute Gasteiger partial charge is 0.230 e. The molecule has 0 spiro atoms. The third kappa shape index (κ3) is 3.04. The summed E-state index contributed by atoms with van der Waals surface area (Å²) in [6.07, 6.45) is 0. The van der Waals surface area contributed by atoms with Crippen LogP contribution in [0.15, 0.2) is 46.9 Å². The maximum absolute atomic E-state index is 13.8. The molecule has 3 aromatic rings. The topological polar surface area (TPSA) is 42.2 Å². The van der Waals surface area contributed by atoms with Gasteiger partial charge in [-0.1, -0.05) is 38.1 Å². The molecule has 0 aliphatic heterocycles. The second-order valence-corrected chi connectivity index (χ2v) is 6.37. The summed E-state index contributed by atoms with van der Waals surface area (Å²) in [7, 11) is 0. The quantitative estimate of drug-likeness (QED) is 0.657. The molecule has 0 aliphatic rings.